The van der Waals surface area contributed by atoms with E-state index in [4.69, 9.17) is 5.73 Å². The highest BCUT2D eigenvalue weighted by Gasteiger charge is 2.12. The maximum Gasteiger partial charge on any atom is 0.189 e. The third-order valence-electron chi connectivity index (χ3n) is 2.72. The normalized spacial score (nSPS) is 12.5. The van der Waals surface area contributed by atoms with Crippen molar-refractivity contribution in [1.82, 2.24) is 4.98 Å². The first-order chi connectivity index (χ1) is 8.09. The van der Waals surface area contributed by atoms with E-state index in [0.29, 0.717) is 0 Å². The summed E-state index contributed by atoms with van der Waals surface area (Å²) in [5.41, 5.74) is 8.27. The van der Waals surface area contributed by atoms with Gasteiger partial charge in [0.05, 0.1) is 0 Å². The quantitative estimate of drug-likeness (QED) is 0.905. The Morgan fingerprint density at radius 1 is 1.35 bits per heavy atom. The molecule has 1 aromatic carbocycles. The van der Waals surface area contributed by atoms with Crippen LogP contribution in [0.3, 0.4) is 0 Å². The molecule has 90 valence electrons. The van der Waals surface area contributed by atoms with Gasteiger partial charge in [-0.3, -0.25) is 0 Å². The fourth-order valence-electron chi connectivity index (χ4n) is 1.69. The Kier molecular flexibility index (Phi) is 3.45. The van der Waals surface area contributed by atoms with Crippen LogP contribution in [0.15, 0.2) is 30.5 Å². The third-order valence-corrected chi connectivity index (χ3v) is 4.00. The Balaban J connectivity index is 2.31. The van der Waals surface area contributed by atoms with Gasteiger partial charge in [0.2, 0.25) is 0 Å². The lowest BCUT2D eigenvalue weighted by molar-refractivity contribution is 0.835. The molecular weight excluding hydrogens is 230 g/mol. The number of anilines is 2. The zero-order valence-electron chi connectivity index (χ0n) is 10.3. The van der Waals surface area contributed by atoms with Crippen LogP contribution in [-0.2, 0) is 0 Å². The summed E-state index contributed by atoms with van der Waals surface area (Å²) in [5, 5.41) is 0.978. The van der Waals surface area contributed by atoms with Crippen molar-refractivity contribution in [1.29, 1.82) is 0 Å². The van der Waals surface area contributed by atoms with Crippen molar-refractivity contribution in [2.45, 2.75) is 19.9 Å². The van der Waals surface area contributed by atoms with E-state index in [2.05, 4.69) is 28.9 Å². The summed E-state index contributed by atoms with van der Waals surface area (Å²) in [6, 6.07) is 8.33. The summed E-state index contributed by atoms with van der Waals surface area (Å²) in [6.07, 6.45) is 1.86. The van der Waals surface area contributed by atoms with Crippen molar-refractivity contribution in [2.75, 3.05) is 11.9 Å². The number of aryl methyl sites for hydroxylation is 1. The third kappa shape index (κ3) is 2.48. The molecule has 1 unspecified atom stereocenters. The maximum absolute atomic E-state index is 5.85. The van der Waals surface area contributed by atoms with Gasteiger partial charge in [0.1, 0.15) is 0 Å². The van der Waals surface area contributed by atoms with Crippen LogP contribution in [0, 0.1) is 6.92 Å². The SMILES string of the molecule is Cc1ccccc1N(C)c1ncc(C(C)N)s1. The molecule has 17 heavy (non-hydrogen) atoms. The largest absolute Gasteiger partial charge is 0.323 e. The molecule has 2 rings (SSSR count). The summed E-state index contributed by atoms with van der Waals surface area (Å²) in [6.45, 7) is 4.08. The van der Waals surface area contributed by atoms with E-state index in [1.807, 2.05) is 32.3 Å². The number of hydrogen-bond acceptors (Lipinski definition) is 4. The molecule has 2 aromatic rings. The molecule has 0 aliphatic heterocycles. The van der Waals surface area contributed by atoms with Gasteiger partial charge < -0.3 is 10.6 Å². The molecule has 0 aliphatic carbocycles. The molecule has 0 spiro atoms. The van der Waals surface area contributed by atoms with E-state index in [-0.39, 0.29) is 6.04 Å². The highest BCUT2D eigenvalue weighted by molar-refractivity contribution is 7.15. The Morgan fingerprint density at radius 3 is 2.65 bits per heavy atom. The fourth-order valence-corrected chi connectivity index (χ4v) is 2.53. The molecule has 0 aliphatic rings. The van der Waals surface area contributed by atoms with Gasteiger partial charge in [-0.15, -0.1) is 0 Å². The molecule has 0 radical (unpaired) electrons. The van der Waals surface area contributed by atoms with Crippen LogP contribution in [0.1, 0.15) is 23.4 Å². The molecule has 2 N–H and O–H groups in total. The molecular formula is C13H17N3S. The van der Waals surface area contributed by atoms with Crippen LogP contribution in [0.2, 0.25) is 0 Å². The summed E-state index contributed by atoms with van der Waals surface area (Å²) in [5.74, 6) is 0. The Morgan fingerprint density at radius 2 is 2.06 bits per heavy atom. The van der Waals surface area contributed by atoms with Gasteiger partial charge >= 0.3 is 0 Å². The first-order valence-electron chi connectivity index (χ1n) is 5.60. The van der Waals surface area contributed by atoms with Gasteiger partial charge in [-0.1, -0.05) is 29.5 Å². The van der Waals surface area contributed by atoms with Gasteiger partial charge in [0, 0.05) is 29.9 Å². The van der Waals surface area contributed by atoms with Crippen molar-refractivity contribution in [3.8, 4) is 0 Å². The van der Waals surface area contributed by atoms with E-state index >= 15 is 0 Å². The molecule has 3 nitrogen and oxygen atoms in total. The number of para-hydroxylation sites is 1. The van der Waals surface area contributed by atoms with Gasteiger partial charge in [0.15, 0.2) is 5.13 Å². The second-order valence-electron chi connectivity index (χ2n) is 4.18. The Labute approximate surface area is 106 Å². The molecule has 0 saturated heterocycles. The van der Waals surface area contributed by atoms with Crippen molar-refractivity contribution < 1.29 is 0 Å². The molecule has 0 fully saturated rings. The van der Waals surface area contributed by atoms with Crippen LogP contribution < -0.4 is 10.6 Å². The minimum Gasteiger partial charge on any atom is -0.323 e. The average molecular weight is 247 g/mol. The fraction of sp³-hybridized carbons (Fsp3) is 0.308. The van der Waals surface area contributed by atoms with Crippen LogP contribution in [0.25, 0.3) is 0 Å². The van der Waals surface area contributed by atoms with Crippen LogP contribution in [0.4, 0.5) is 10.8 Å². The molecule has 0 bridgehead atoms. The number of nitrogens with zero attached hydrogens (tertiary/aromatic N) is 2. The highest BCUT2D eigenvalue weighted by atomic mass is 32.1. The number of benzene rings is 1. The summed E-state index contributed by atoms with van der Waals surface area (Å²) in [7, 11) is 2.03. The van der Waals surface area contributed by atoms with E-state index in [1.54, 1.807) is 11.3 Å². The van der Waals surface area contributed by atoms with E-state index in [1.165, 1.54) is 11.3 Å². The predicted molar refractivity (Wildman–Crippen MR) is 74.0 cm³/mol. The summed E-state index contributed by atoms with van der Waals surface area (Å²) >= 11 is 1.64. The van der Waals surface area contributed by atoms with Gasteiger partial charge in [-0.05, 0) is 25.5 Å². The number of hydrogen-bond donors (Lipinski definition) is 1. The standard InChI is InChI=1S/C13H17N3S/c1-9-6-4-5-7-11(9)16(3)13-15-8-12(17-13)10(2)14/h4-8,10H,14H2,1-3H3. The number of rotatable bonds is 3. The lowest BCUT2D eigenvalue weighted by atomic mass is 10.2. The first-order valence-corrected chi connectivity index (χ1v) is 6.42. The highest BCUT2D eigenvalue weighted by Crippen LogP contribution is 2.31. The first kappa shape index (κ1) is 12.1. The maximum atomic E-state index is 5.85. The van der Waals surface area contributed by atoms with Gasteiger partial charge in [-0.2, -0.15) is 0 Å². The second kappa shape index (κ2) is 4.85. The lowest BCUT2D eigenvalue weighted by Crippen LogP contribution is -2.10. The average Bonchev–Trinajstić information content (AvgIpc) is 2.78. The van der Waals surface area contributed by atoms with Crippen LogP contribution in [-0.4, -0.2) is 12.0 Å². The molecule has 0 amide bonds. The van der Waals surface area contributed by atoms with Crippen molar-refractivity contribution in [3.05, 3.63) is 40.9 Å². The Bertz CT molecular complexity index is 505. The molecule has 1 heterocycles. The van der Waals surface area contributed by atoms with Crippen LogP contribution >= 0.6 is 11.3 Å². The monoisotopic (exact) mass is 247 g/mol. The molecule has 1 aromatic heterocycles. The van der Waals surface area contributed by atoms with Gasteiger partial charge in [-0.25, -0.2) is 4.98 Å². The predicted octanol–water partition coefficient (Wildman–Crippen LogP) is 3.24. The number of thiazole rings is 1. The minimum atomic E-state index is 0.0477. The Hall–Kier alpha value is -1.39. The molecule has 4 heteroatoms. The van der Waals surface area contributed by atoms with Crippen molar-refractivity contribution in [3.63, 3.8) is 0 Å². The van der Waals surface area contributed by atoms with E-state index < -0.39 is 0 Å². The van der Waals surface area contributed by atoms with E-state index in [9.17, 15) is 0 Å². The van der Waals surface area contributed by atoms with Crippen molar-refractivity contribution in [2.24, 2.45) is 5.73 Å². The lowest BCUT2D eigenvalue weighted by Gasteiger charge is -2.18. The number of nitrogens with two attached hydrogens (primary N) is 1. The topological polar surface area (TPSA) is 42.2 Å². The van der Waals surface area contributed by atoms with Gasteiger partial charge in [0.25, 0.3) is 0 Å². The number of aromatic nitrogens is 1. The smallest absolute Gasteiger partial charge is 0.189 e. The van der Waals surface area contributed by atoms with Crippen molar-refractivity contribution >= 4 is 22.2 Å². The van der Waals surface area contributed by atoms with Crippen LogP contribution in [0.5, 0.6) is 0 Å². The second-order valence-corrected chi connectivity index (χ2v) is 5.22. The molecule has 0 saturated carbocycles. The zero-order valence-corrected chi connectivity index (χ0v) is 11.2. The summed E-state index contributed by atoms with van der Waals surface area (Å²) in [4.78, 5) is 7.63. The molecule has 1 atom stereocenters. The minimum absolute atomic E-state index is 0.0477. The van der Waals surface area contributed by atoms with E-state index in [0.717, 1.165) is 10.0 Å². The zero-order chi connectivity index (χ0) is 12.4. The summed E-state index contributed by atoms with van der Waals surface area (Å²) < 4.78 is 0.